The Labute approximate surface area is 168 Å². The third-order valence-electron chi connectivity index (χ3n) is 3.69. The molecule has 0 aliphatic carbocycles. The molecule has 1 atom stereocenters. The first-order valence-corrected chi connectivity index (χ1v) is 8.95. The molecule has 0 saturated heterocycles. The molecule has 1 aromatic carbocycles. The Morgan fingerprint density at radius 1 is 1.44 bits per heavy atom. The molecule has 0 saturated carbocycles. The van der Waals surface area contributed by atoms with Gasteiger partial charge in [0, 0.05) is 22.4 Å². The molecule has 0 aliphatic heterocycles. The van der Waals surface area contributed by atoms with Gasteiger partial charge >= 0.3 is 0 Å². The summed E-state index contributed by atoms with van der Waals surface area (Å²) in [6.07, 6.45) is 0.148. The molecule has 27 heavy (non-hydrogen) atoms. The van der Waals surface area contributed by atoms with Gasteiger partial charge in [0.15, 0.2) is 0 Å². The summed E-state index contributed by atoms with van der Waals surface area (Å²) in [4.78, 5) is 29.5. The van der Waals surface area contributed by atoms with Crippen LogP contribution in [0.2, 0.25) is 0 Å². The minimum Gasteiger partial charge on any atom is -0.394 e. The van der Waals surface area contributed by atoms with Crippen LogP contribution >= 0.6 is 22.6 Å². The number of aliphatic hydroxyl groups excluding tert-OH is 2. The fourth-order valence-electron chi connectivity index (χ4n) is 2.26. The number of rotatable bonds is 7. The van der Waals surface area contributed by atoms with Crippen LogP contribution in [0.4, 0.5) is 15.8 Å². The van der Waals surface area contributed by atoms with Crippen molar-refractivity contribution < 1.29 is 24.2 Å². The number of hydrogen-bond donors (Lipinski definition) is 4. The summed E-state index contributed by atoms with van der Waals surface area (Å²) in [7, 11) is 1.48. The molecular weight excluding hydrogens is 472 g/mol. The van der Waals surface area contributed by atoms with E-state index >= 15 is 0 Å². The summed E-state index contributed by atoms with van der Waals surface area (Å²) in [5.41, 5.74) is 2.29. The van der Waals surface area contributed by atoms with Crippen LogP contribution in [0.3, 0.4) is 0 Å². The van der Waals surface area contributed by atoms with E-state index in [0.29, 0.717) is 3.57 Å². The van der Waals surface area contributed by atoms with Gasteiger partial charge in [0.2, 0.25) is 0 Å². The van der Waals surface area contributed by atoms with Crippen molar-refractivity contribution in [1.82, 2.24) is 10.0 Å². The Morgan fingerprint density at radius 2 is 2.15 bits per heavy atom. The lowest BCUT2D eigenvalue weighted by molar-refractivity contribution is -0.0295. The Kier molecular flexibility index (Phi) is 7.30. The molecule has 0 bridgehead atoms. The predicted molar refractivity (Wildman–Crippen MR) is 105 cm³/mol. The molecule has 1 amide bonds. The SMILES string of the molecule is Cc1c(Nc2ccc(I)cc2F)c(C(=O)NOC[C@H](O)CO)cn(C)c1=O. The lowest BCUT2D eigenvalue weighted by Gasteiger charge is -2.17. The zero-order valence-electron chi connectivity index (χ0n) is 14.6. The molecule has 0 spiro atoms. The molecule has 0 aliphatic rings. The van der Waals surface area contributed by atoms with E-state index in [2.05, 4.69) is 10.8 Å². The monoisotopic (exact) mass is 491 g/mol. The van der Waals surface area contributed by atoms with Gasteiger partial charge in [-0.25, -0.2) is 9.87 Å². The number of hydrogen-bond acceptors (Lipinski definition) is 6. The molecular formula is C17H19FIN3O5. The lowest BCUT2D eigenvalue weighted by atomic mass is 10.1. The van der Waals surface area contributed by atoms with Crippen molar-refractivity contribution in [2.24, 2.45) is 7.05 Å². The van der Waals surface area contributed by atoms with Crippen LogP contribution in [0.15, 0.2) is 29.2 Å². The Morgan fingerprint density at radius 3 is 2.78 bits per heavy atom. The maximum absolute atomic E-state index is 14.2. The minimum atomic E-state index is -1.15. The number of anilines is 2. The second-order valence-corrected chi connectivity index (χ2v) is 7.03. The third kappa shape index (κ3) is 5.25. The number of nitrogens with one attached hydrogen (secondary N) is 2. The van der Waals surface area contributed by atoms with Crippen LogP contribution < -0.4 is 16.4 Å². The first-order valence-electron chi connectivity index (χ1n) is 7.88. The highest BCUT2D eigenvalue weighted by molar-refractivity contribution is 14.1. The standard InChI is InChI=1S/C17H19FIN3O5/c1-9-15(20-14-4-3-10(19)5-13(14)18)12(6-22(2)17(9)26)16(25)21-27-8-11(24)7-23/h3-6,11,20,23-24H,7-8H2,1-2H3,(H,21,25)/t11-/m1/s1. The van der Waals surface area contributed by atoms with Crippen molar-refractivity contribution in [1.29, 1.82) is 0 Å². The quantitative estimate of drug-likeness (QED) is 0.342. The average Bonchev–Trinajstić information content (AvgIpc) is 2.63. The van der Waals surface area contributed by atoms with E-state index < -0.39 is 24.4 Å². The largest absolute Gasteiger partial charge is 0.394 e. The number of halogens is 2. The van der Waals surface area contributed by atoms with Crippen molar-refractivity contribution in [3.63, 3.8) is 0 Å². The molecule has 2 aromatic rings. The number of carbonyl (C=O) groups excluding carboxylic acids is 1. The molecule has 146 valence electrons. The van der Waals surface area contributed by atoms with Crippen LogP contribution in [0, 0.1) is 16.3 Å². The van der Waals surface area contributed by atoms with E-state index in [-0.39, 0.29) is 34.7 Å². The molecule has 0 unspecified atom stereocenters. The highest BCUT2D eigenvalue weighted by atomic mass is 127. The van der Waals surface area contributed by atoms with Crippen LogP contribution in [-0.2, 0) is 11.9 Å². The van der Waals surface area contributed by atoms with Gasteiger partial charge in [0.1, 0.15) is 18.5 Å². The summed E-state index contributed by atoms with van der Waals surface area (Å²) in [6.45, 7) is 0.678. The molecule has 0 radical (unpaired) electrons. The van der Waals surface area contributed by atoms with E-state index in [1.807, 2.05) is 22.6 Å². The summed E-state index contributed by atoms with van der Waals surface area (Å²) in [5.74, 6) is -1.23. The Hall–Kier alpha value is -2.02. The number of pyridine rings is 1. The summed E-state index contributed by atoms with van der Waals surface area (Å²) in [6, 6.07) is 4.50. The number of aliphatic hydroxyl groups is 2. The molecule has 1 aromatic heterocycles. The Bertz CT molecular complexity index is 903. The maximum atomic E-state index is 14.2. The van der Waals surface area contributed by atoms with Crippen LogP contribution in [-0.4, -0.2) is 40.0 Å². The van der Waals surface area contributed by atoms with E-state index in [1.165, 1.54) is 36.9 Å². The highest BCUT2D eigenvalue weighted by Crippen LogP contribution is 2.26. The van der Waals surface area contributed by atoms with Crippen molar-refractivity contribution in [2.45, 2.75) is 13.0 Å². The minimum absolute atomic E-state index is 0.0473. The van der Waals surface area contributed by atoms with E-state index in [9.17, 15) is 19.1 Å². The summed E-state index contributed by atoms with van der Waals surface area (Å²) < 4.78 is 16.1. The smallest absolute Gasteiger partial charge is 0.278 e. The fraction of sp³-hybridized carbons (Fsp3) is 0.294. The number of aromatic nitrogens is 1. The van der Waals surface area contributed by atoms with E-state index in [4.69, 9.17) is 9.94 Å². The Balaban J connectivity index is 2.36. The number of aryl methyl sites for hydroxylation is 1. The highest BCUT2D eigenvalue weighted by Gasteiger charge is 2.19. The van der Waals surface area contributed by atoms with Gasteiger partial charge in [-0.1, -0.05) is 0 Å². The van der Waals surface area contributed by atoms with Gasteiger partial charge in [0.25, 0.3) is 11.5 Å². The normalized spacial score (nSPS) is 11.9. The van der Waals surface area contributed by atoms with E-state index in [1.54, 1.807) is 6.07 Å². The van der Waals surface area contributed by atoms with Gasteiger partial charge in [-0.2, -0.15) is 0 Å². The summed E-state index contributed by atoms with van der Waals surface area (Å²) in [5, 5.41) is 20.8. The number of hydroxylamine groups is 1. The molecule has 1 heterocycles. The second-order valence-electron chi connectivity index (χ2n) is 5.79. The maximum Gasteiger partial charge on any atom is 0.278 e. The van der Waals surface area contributed by atoms with Crippen molar-refractivity contribution in [3.05, 3.63) is 55.3 Å². The lowest BCUT2D eigenvalue weighted by Crippen LogP contribution is -2.32. The molecule has 0 fully saturated rings. The predicted octanol–water partition coefficient (Wildman–Crippen LogP) is 1.20. The molecule has 2 rings (SSSR count). The van der Waals surface area contributed by atoms with Gasteiger partial charge in [-0.05, 0) is 47.7 Å². The van der Waals surface area contributed by atoms with Gasteiger partial charge in [-0.15, -0.1) is 0 Å². The topological polar surface area (TPSA) is 113 Å². The second kappa shape index (κ2) is 9.26. The van der Waals surface area contributed by atoms with Gasteiger partial charge in [-0.3, -0.25) is 14.4 Å². The zero-order chi connectivity index (χ0) is 20.1. The number of benzene rings is 1. The van der Waals surface area contributed by atoms with Crippen molar-refractivity contribution >= 4 is 39.9 Å². The zero-order valence-corrected chi connectivity index (χ0v) is 16.8. The fourth-order valence-corrected chi connectivity index (χ4v) is 2.71. The molecule has 4 N–H and O–H groups in total. The van der Waals surface area contributed by atoms with Crippen molar-refractivity contribution in [3.8, 4) is 0 Å². The van der Waals surface area contributed by atoms with Crippen LogP contribution in [0.25, 0.3) is 0 Å². The number of amides is 1. The van der Waals surface area contributed by atoms with Crippen LogP contribution in [0.5, 0.6) is 0 Å². The first kappa shape index (κ1) is 21.3. The molecule has 10 heteroatoms. The summed E-state index contributed by atoms with van der Waals surface area (Å²) >= 11 is 1.97. The number of nitrogens with zero attached hydrogens (tertiary/aromatic N) is 1. The van der Waals surface area contributed by atoms with Gasteiger partial charge in [0.05, 0.1) is 23.5 Å². The van der Waals surface area contributed by atoms with Crippen LogP contribution in [0.1, 0.15) is 15.9 Å². The first-order chi connectivity index (χ1) is 12.7. The van der Waals surface area contributed by atoms with Crippen molar-refractivity contribution in [2.75, 3.05) is 18.5 Å². The third-order valence-corrected chi connectivity index (χ3v) is 4.37. The van der Waals surface area contributed by atoms with Gasteiger partial charge < -0.3 is 20.1 Å². The van der Waals surface area contributed by atoms with E-state index in [0.717, 1.165) is 0 Å². The molecule has 8 nitrogen and oxygen atoms in total. The average molecular weight is 491 g/mol. The number of carbonyl (C=O) groups is 1.